The van der Waals surface area contributed by atoms with Crippen LogP contribution in [0.5, 0.6) is 0 Å². The SMILES string of the molecule is Cc1ccc(C)c(C(=O)C2(O)CCC(C)CC2)c1. The van der Waals surface area contributed by atoms with Crippen molar-refractivity contribution in [2.75, 3.05) is 0 Å². The van der Waals surface area contributed by atoms with E-state index in [2.05, 4.69) is 6.92 Å². The minimum atomic E-state index is -1.13. The second kappa shape index (κ2) is 4.85. The Morgan fingerprint density at radius 2 is 1.89 bits per heavy atom. The topological polar surface area (TPSA) is 37.3 Å². The van der Waals surface area contributed by atoms with Gasteiger partial charge in [-0.1, -0.05) is 24.6 Å². The van der Waals surface area contributed by atoms with Crippen molar-refractivity contribution in [2.45, 2.75) is 52.1 Å². The van der Waals surface area contributed by atoms with E-state index in [1.165, 1.54) is 0 Å². The van der Waals surface area contributed by atoms with Crippen molar-refractivity contribution in [1.29, 1.82) is 0 Å². The van der Waals surface area contributed by atoms with E-state index < -0.39 is 5.60 Å². The molecule has 1 aliphatic rings. The Bertz CT molecular complexity index is 454. The highest BCUT2D eigenvalue weighted by molar-refractivity contribution is 6.03. The number of ketones is 1. The summed E-state index contributed by atoms with van der Waals surface area (Å²) < 4.78 is 0. The summed E-state index contributed by atoms with van der Waals surface area (Å²) in [6, 6.07) is 5.85. The molecule has 1 aromatic rings. The van der Waals surface area contributed by atoms with E-state index in [0.29, 0.717) is 24.3 Å². The van der Waals surface area contributed by atoms with Gasteiger partial charge < -0.3 is 5.11 Å². The molecule has 0 spiro atoms. The number of carbonyl (C=O) groups excluding carboxylic acids is 1. The molecule has 0 amide bonds. The van der Waals surface area contributed by atoms with Crippen LogP contribution in [0.25, 0.3) is 0 Å². The van der Waals surface area contributed by atoms with Crippen molar-refractivity contribution in [3.8, 4) is 0 Å². The lowest BCUT2D eigenvalue weighted by Crippen LogP contribution is -2.42. The van der Waals surface area contributed by atoms with Gasteiger partial charge in [-0.05, 0) is 57.1 Å². The number of hydrogen-bond acceptors (Lipinski definition) is 2. The Hall–Kier alpha value is -1.15. The van der Waals surface area contributed by atoms with Crippen LogP contribution in [0.1, 0.15) is 54.1 Å². The summed E-state index contributed by atoms with van der Waals surface area (Å²) >= 11 is 0. The van der Waals surface area contributed by atoms with Gasteiger partial charge in [-0.2, -0.15) is 0 Å². The Morgan fingerprint density at radius 3 is 2.50 bits per heavy atom. The largest absolute Gasteiger partial charge is 0.382 e. The normalized spacial score (nSPS) is 28.1. The van der Waals surface area contributed by atoms with Crippen molar-refractivity contribution < 1.29 is 9.90 Å². The fraction of sp³-hybridized carbons (Fsp3) is 0.562. The summed E-state index contributed by atoms with van der Waals surface area (Å²) in [5, 5.41) is 10.6. The number of Topliss-reactive ketones (excluding diaryl/α,β-unsaturated/α-hetero) is 1. The molecule has 1 N–H and O–H groups in total. The number of hydrogen-bond donors (Lipinski definition) is 1. The molecule has 0 bridgehead atoms. The second-order valence-corrected chi connectivity index (χ2v) is 5.86. The molecular weight excluding hydrogens is 224 g/mol. The third kappa shape index (κ3) is 2.49. The van der Waals surface area contributed by atoms with E-state index in [4.69, 9.17) is 0 Å². The van der Waals surface area contributed by atoms with Gasteiger partial charge in [0.2, 0.25) is 0 Å². The fourth-order valence-electron chi connectivity index (χ4n) is 2.70. The average molecular weight is 246 g/mol. The van der Waals surface area contributed by atoms with Gasteiger partial charge in [0.05, 0.1) is 0 Å². The highest BCUT2D eigenvalue weighted by Gasteiger charge is 2.39. The summed E-state index contributed by atoms with van der Waals surface area (Å²) in [6.07, 6.45) is 3.07. The summed E-state index contributed by atoms with van der Waals surface area (Å²) in [5.74, 6) is 0.535. The Morgan fingerprint density at radius 1 is 1.28 bits per heavy atom. The summed E-state index contributed by atoms with van der Waals surface area (Å²) in [4.78, 5) is 12.6. The molecular formula is C16H22O2. The molecule has 1 aliphatic carbocycles. The molecule has 2 heteroatoms. The van der Waals surface area contributed by atoms with Crippen LogP contribution in [0.4, 0.5) is 0 Å². The van der Waals surface area contributed by atoms with Gasteiger partial charge in [-0.3, -0.25) is 4.79 Å². The maximum absolute atomic E-state index is 12.6. The number of aliphatic hydroxyl groups is 1. The average Bonchev–Trinajstić information content (AvgIpc) is 2.35. The predicted octanol–water partition coefficient (Wildman–Crippen LogP) is 3.43. The zero-order chi connectivity index (χ0) is 13.3. The van der Waals surface area contributed by atoms with E-state index in [-0.39, 0.29) is 5.78 Å². The first-order chi connectivity index (χ1) is 8.42. The van der Waals surface area contributed by atoms with E-state index in [1.807, 2.05) is 32.0 Å². The van der Waals surface area contributed by atoms with Crippen LogP contribution in [0.2, 0.25) is 0 Å². The summed E-state index contributed by atoms with van der Waals surface area (Å²) in [7, 11) is 0. The molecule has 18 heavy (non-hydrogen) atoms. The third-order valence-electron chi connectivity index (χ3n) is 4.16. The fourth-order valence-corrected chi connectivity index (χ4v) is 2.70. The van der Waals surface area contributed by atoms with Crippen LogP contribution in [-0.4, -0.2) is 16.5 Å². The predicted molar refractivity (Wildman–Crippen MR) is 72.8 cm³/mol. The third-order valence-corrected chi connectivity index (χ3v) is 4.16. The van der Waals surface area contributed by atoms with E-state index >= 15 is 0 Å². The molecule has 0 atom stereocenters. The maximum atomic E-state index is 12.6. The molecule has 1 aromatic carbocycles. The van der Waals surface area contributed by atoms with Crippen molar-refractivity contribution in [2.24, 2.45) is 5.92 Å². The van der Waals surface area contributed by atoms with E-state index in [9.17, 15) is 9.90 Å². The summed E-state index contributed by atoms with van der Waals surface area (Å²) in [6.45, 7) is 6.09. The lowest BCUT2D eigenvalue weighted by Gasteiger charge is -2.34. The van der Waals surface area contributed by atoms with Gasteiger partial charge in [0.1, 0.15) is 5.60 Å². The molecule has 2 rings (SSSR count). The van der Waals surface area contributed by atoms with Crippen molar-refractivity contribution in [1.82, 2.24) is 0 Å². The van der Waals surface area contributed by atoms with Crippen LogP contribution in [0.15, 0.2) is 18.2 Å². The van der Waals surface area contributed by atoms with Crippen LogP contribution >= 0.6 is 0 Å². The van der Waals surface area contributed by atoms with Gasteiger partial charge in [-0.25, -0.2) is 0 Å². The molecule has 2 nitrogen and oxygen atoms in total. The first-order valence-corrected chi connectivity index (χ1v) is 6.77. The molecule has 0 saturated heterocycles. The number of benzene rings is 1. The highest BCUT2D eigenvalue weighted by Crippen LogP contribution is 2.34. The number of aryl methyl sites for hydroxylation is 2. The molecule has 1 saturated carbocycles. The molecule has 0 heterocycles. The smallest absolute Gasteiger partial charge is 0.194 e. The van der Waals surface area contributed by atoms with E-state index in [0.717, 1.165) is 24.0 Å². The Kier molecular flexibility index (Phi) is 3.58. The van der Waals surface area contributed by atoms with Crippen LogP contribution in [0, 0.1) is 19.8 Å². The van der Waals surface area contributed by atoms with Crippen molar-refractivity contribution in [3.05, 3.63) is 34.9 Å². The number of rotatable bonds is 2. The molecule has 0 unspecified atom stereocenters. The highest BCUT2D eigenvalue weighted by atomic mass is 16.3. The van der Waals surface area contributed by atoms with Crippen LogP contribution in [-0.2, 0) is 0 Å². The minimum absolute atomic E-state index is 0.0874. The van der Waals surface area contributed by atoms with Gasteiger partial charge in [0.15, 0.2) is 5.78 Å². The first-order valence-electron chi connectivity index (χ1n) is 6.77. The molecule has 1 fully saturated rings. The monoisotopic (exact) mass is 246 g/mol. The van der Waals surface area contributed by atoms with Gasteiger partial charge in [0.25, 0.3) is 0 Å². The van der Waals surface area contributed by atoms with Crippen molar-refractivity contribution >= 4 is 5.78 Å². The van der Waals surface area contributed by atoms with Crippen molar-refractivity contribution in [3.63, 3.8) is 0 Å². The minimum Gasteiger partial charge on any atom is -0.382 e. The lowest BCUT2D eigenvalue weighted by atomic mass is 9.75. The maximum Gasteiger partial charge on any atom is 0.194 e. The molecule has 98 valence electrons. The van der Waals surface area contributed by atoms with Gasteiger partial charge >= 0.3 is 0 Å². The first kappa shape index (κ1) is 13.3. The Balaban J connectivity index is 2.28. The molecule has 0 aliphatic heterocycles. The Labute approximate surface area is 109 Å². The summed E-state index contributed by atoms with van der Waals surface area (Å²) in [5.41, 5.74) is 1.58. The van der Waals surface area contributed by atoms with Crippen LogP contribution in [0.3, 0.4) is 0 Å². The van der Waals surface area contributed by atoms with Gasteiger partial charge in [-0.15, -0.1) is 0 Å². The van der Waals surface area contributed by atoms with Crippen LogP contribution < -0.4 is 0 Å². The standard InChI is InChI=1S/C16H22O2/c1-11-6-8-16(18,9-7-11)15(17)14-10-12(2)4-5-13(14)3/h4-5,10-11,18H,6-9H2,1-3H3. The lowest BCUT2D eigenvalue weighted by molar-refractivity contribution is 0.00420. The van der Waals surface area contributed by atoms with E-state index in [1.54, 1.807) is 0 Å². The molecule has 0 aromatic heterocycles. The second-order valence-electron chi connectivity index (χ2n) is 5.86. The number of carbonyl (C=O) groups is 1. The van der Waals surface area contributed by atoms with Gasteiger partial charge in [0, 0.05) is 5.56 Å². The zero-order valence-electron chi connectivity index (χ0n) is 11.5. The quantitative estimate of drug-likeness (QED) is 0.812. The zero-order valence-corrected chi connectivity index (χ0v) is 11.5. The molecule has 0 radical (unpaired) electrons.